The lowest BCUT2D eigenvalue weighted by Gasteiger charge is -2.09. The molecule has 2 aromatic carbocycles. The molecule has 1 heterocycles. The molecule has 0 fully saturated rings. The van der Waals surface area contributed by atoms with Crippen molar-refractivity contribution in [3.8, 4) is 23.6 Å². The fourth-order valence-corrected chi connectivity index (χ4v) is 2.98. The van der Waals surface area contributed by atoms with Crippen molar-refractivity contribution in [1.29, 1.82) is 0 Å². The van der Waals surface area contributed by atoms with E-state index >= 15 is 0 Å². The van der Waals surface area contributed by atoms with Crippen LogP contribution in [0.3, 0.4) is 0 Å². The van der Waals surface area contributed by atoms with Gasteiger partial charge >= 0.3 is 0 Å². The predicted octanol–water partition coefficient (Wildman–Crippen LogP) is 4.15. The molecule has 1 amide bonds. The maximum Gasteiger partial charge on any atom is 0.243 e. The van der Waals surface area contributed by atoms with Gasteiger partial charge in [-0.2, -0.15) is 0 Å². The summed E-state index contributed by atoms with van der Waals surface area (Å²) in [6.45, 7) is 2.13. The summed E-state index contributed by atoms with van der Waals surface area (Å²) >= 11 is 1.61. The third-order valence-electron chi connectivity index (χ3n) is 3.54. The second-order valence-electron chi connectivity index (χ2n) is 5.46. The zero-order valence-electron chi connectivity index (χ0n) is 13.7. The van der Waals surface area contributed by atoms with Gasteiger partial charge in [0.15, 0.2) is 0 Å². The average molecular weight is 347 g/mol. The molecule has 0 spiro atoms. The molecule has 0 aliphatic heterocycles. The predicted molar refractivity (Wildman–Crippen MR) is 104 cm³/mol. The van der Waals surface area contributed by atoms with E-state index in [4.69, 9.17) is 6.42 Å². The van der Waals surface area contributed by atoms with Crippen LogP contribution in [0.4, 0.5) is 11.4 Å². The van der Waals surface area contributed by atoms with Crippen molar-refractivity contribution in [2.45, 2.75) is 6.92 Å². The summed E-state index contributed by atoms with van der Waals surface area (Å²) in [4.78, 5) is 16.6. The number of amides is 1. The van der Waals surface area contributed by atoms with Crippen molar-refractivity contribution in [3.05, 3.63) is 64.5 Å². The van der Waals surface area contributed by atoms with E-state index in [-0.39, 0.29) is 12.5 Å². The first-order valence-corrected chi connectivity index (χ1v) is 8.65. The molecule has 0 aliphatic rings. The number of carbonyl (C=O) groups is 1. The molecular weight excluding hydrogens is 330 g/mol. The van der Waals surface area contributed by atoms with Crippen LogP contribution in [0.15, 0.2) is 53.9 Å². The molecule has 5 heteroatoms. The molecule has 1 aromatic heterocycles. The van der Waals surface area contributed by atoms with Crippen LogP contribution >= 0.6 is 11.3 Å². The molecule has 3 aromatic rings. The first kappa shape index (κ1) is 16.7. The number of thiazole rings is 1. The number of aromatic nitrogens is 1. The van der Waals surface area contributed by atoms with E-state index in [0.717, 1.165) is 33.2 Å². The molecule has 0 radical (unpaired) electrons. The van der Waals surface area contributed by atoms with Crippen LogP contribution in [-0.2, 0) is 4.79 Å². The van der Waals surface area contributed by atoms with Crippen LogP contribution in [0.1, 0.15) is 10.6 Å². The lowest BCUT2D eigenvalue weighted by atomic mass is 10.1. The summed E-state index contributed by atoms with van der Waals surface area (Å²) in [5.74, 6) is 2.45. The van der Waals surface area contributed by atoms with E-state index in [2.05, 4.69) is 21.5 Å². The maximum absolute atomic E-state index is 12.2. The van der Waals surface area contributed by atoms with Gasteiger partial charge in [0.1, 0.15) is 0 Å². The second kappa shape index (κ2) is 7.65. The Morgan fingerprint density at radius 1 is 1.20 bits per heavy atom. The molecule has 0 saturated carbocycles. The molecule has 25 heavy (non-hydrogen) atoms. The number of nitrogens with one attached hydrogen (secondary N) is 2. The van der Waals surface area contributed by atoms with Gasteiger partial charge in [0.25, 0.3) is 0 Å². The number of nitrogens with zero attached hydrogens (tertiary/aromatic N) is 1. The fraction of sp³-hybridized carbons (Fsp3) is 0.100. The van der Waals surface area contributed by atoms with E-state index in [1.807, 2.05) is 60.8 Å². The van der Waals surface area contributed by atoms with Gasteiger partial charge in [-0.25, -0.2) is 4.98 Å². The van der Waals surface area contributed by atoms with Gasteiger partial charge in [0.2, 0.25) is 5.91 Å². The molecule has 0 saturated heterocycles. The minimum atomic E-state index is -0.127. The van der Waals surface area contributed by atoms with Gasteiger partial charge in [-0.15, -0.1) is 17.8 Å². The zero-order chi connectivity index (χ0) is 17.6. The summed E-state index contributed by atoms with van der Waals surface area (Å²) in [5, 5.41) is 8.99. The standard InChI is InChI=1S/C20H17N3OS/c1-3-15-6-4-8-17(10-15)21-12-20(24)23-18-9-5-7-16(11-18)19-13-25-14(2)22-19/h1,4-11,13,21H,12H2,2H3,(H,23,24). The van der Waals surface area contributed by atoms with Crippen molar-refractivity contribution in [3.63, 3.8) is 0 Å². The van der Waals surface area contributed by atoms with E-state index < -0.39 is 0 Å². The fourth-order valence-electron chi connectivity index (χ4n) is 2.36. The van der Waals surface area contributed by atoms with Gasteiger partial charge in [-0.05, 0) is 37.3 Å². The molecule has 124 valence electrons. The highest BCUT2D eigenvalue weighted by molar-refractivity contribution is 7.09. The van der Waals surface area contributed by atoms with E-state index in [0.29, 0.717) is 0 Å². The Morgan fingerprint density at radius 2 is 2.00 bits per heavy atom. The minimum Gasteiger partial charge on any atom is -0.376 e. The summed E-state index contributed by atoms with van der Waals surface area (Å²) in [5.41, 5.74) is 4.24. The highest BCUT2D eigenvalue weighted by Gasteiger charge is 2.06. The van der Waals surface area contributed by atoms with Crippen molar-refractivity contribution < 1.29 is 4.79 Å². The van der Waals surface area contributed by atoms with Crippen LogP contribution < -0.4 is 10.6 Å². The topological polar surface area (TPSA) is 54.0 Å². The van der Waals surface area contributed by atoms with Gasteiger partial charge in [0, 0.05) is 27.9 Å². The molecule has 2 N–H and O–H groups in total. The number of terminal acetylenes is 1. The normalized spacial score (nSPS) is 10.1. The lowest BCUT2D eigenvalue weighted by Crippen LogP contribution is -2.21. The molecule has 0 atom stereocenters. The quantitative estimate of drug-likeness (QED) is 0.682. The van der Waals surface area contributed by atoms with E-state index in [1.54, 1.807) is 11.3 Å². The van der Waals surface area contributed by atoms with Gasteiger partial charge in [-0.1, -0.05) is 24.1 Å². The third-order valence-corrected chi connectivity index (χ3v) is 4.32. The highest BCUT2D eigenvalue weighted by Crippen LogP contribution is 2.24. The number of rotatable bonds is 5. The Hall–Kier alpha value is -3.10. The van der Waals surface area contributed by atoms with E-state index in [1.165, 1.54) is 0 Å². The van der Waals surface area contributed by atoms with Gasteiger partial charge in [0.05, 0.1) is 17.2 Å². The maximum atomic E-state index is 12.2. The Balaban J connectivity index is 1.62. The van der Waals surface area contributed by atoms with Crippen LogP contribution in [0.5, 0.6) is 0 Å². The monoisotopic (exact) mass is 347 g/mol. The average Bonchev–Trinajstić information content (AvgIpc) is 3.07. The van der Waals surface area contributed by atoms with Crippen LogP contribution in [0.25, 0.3) is 11.3 Å². The van der Waals surface area contributed by atoms with Crippen molar-refractivity contribution >= 4 is 28.6 Å². The number of carbonyl (C=O) groups excluding carboxylic acids is 1. The molecule has 0 unspecified atom stereocenters. The first-order chi connectivity index (χ1) is 12.1. The third kappa shape index (κ3) is 4.46. The van der Waals surface area contributed by atoms with Crippen LogP contribution in [-0.4, -0.2) is 17.4 Å². The van der Waals surface area contributed by atoms with Gasteiger partial charge < -0.3 is 10.6 Å². The molecule has 0 aliphatic carbocycles. The Kier molecular flexibility index (Phi) is 5.12. The smallest absolute Gasteiger partial charge is 0.243 e. The zero-order valence-corrected chi connectivity index (χ0v) is 14.6. The first-order valence-electron chi connectivity index (χ1n) is 7.77. The molecule has 3 rings (SSSR count). The number of benzene rings is 2. The van der Waals surface area contributed by atoms with Crippen LogP contribution in [0.2, 0.25) is 0 Å². The minimum absolute atomic E-state index is 0.127. The summed E-state index contributed by atoms with van der Waals surface area (Å²) in [6, 6.07) is 15.1. The molecule has 4 nitrogen and oxygen atoms in total. The Morgan fingerprint density at radius 3 is 2.76 bits per heavy atom. The van der Waals surface area contributed by atoms with Crippen LogP contribution in [0, 0.1) is 19.3 Å². The van der Waals surface area contributed by atoms with Crippen molar-refractivity contribution in [1.82, 2.24) is 4.98 Å². The summed E-state index contributed by atoms with van der Waals surface area (Å²) in [7, 11) is 0. The molecule has 0 bridgehead atoms. The second-order valence-corrected chi connectivity index (χ2v) is 6.52. The van der Waals surface area contributed by atoms with Gasteiger partial charge in [-0.3, -0.25) is 4.79 Å². The van der Waals surface area contributed by atoms with E-state index in [9.17, 15) is 4.79 Å². The number of anilines is 2. The van der Waals surface area contributed by atoms with Crippen molar-refractivity contribution in [2.75, 3.05) is 17.2 Å². The highest BCUT2D eigenvalue weighted by atomic mass is 32.1. The number of aryl methyl sites for hydroxylation is 1. The lowest BCUT2D eigenvalue weighted by molar-refractivity contribution is -0.114. The Bertz CT molecular complexity index is 940. The number of hydrogen-bond donors (Lipinski definition) is 2. The molecular formula is C20H17N3OS. The van der Waals surface area contributed by atoms with Crippen molar-refractivity contribution in [2.24, 2.45) is 0 Å². The largest absolute Gasteiger partial charge is 0.376 e. The summed E-state index contributed by atoms with van der Waals surface area (Å²) in [6.07, 6.45) is 5.38. The Labute approximate surface area is 150 Å². The number of hydrogen-bond acceptors (Lipinski definition) is 4. The SMILES string of the molecule is C#Cc1cccc(NCC(=O)Nc2cccc(-c3csc(C)n3)c2)c1. The summed E-state index contributed by atoms with van der Waals surface area (Å²) < 4.78 is 0.